The molecule has 0 N–H and O–H groups in total. The summed E-state index contributed by atoms with van der Waals surface area (Å²) < 4.78 is 22.1. The van der Waals surface area contributed by atoms with Gasteiger partial charge in [-0.2, -0.15) is 0 Å². The highest BCUT2D eigenvalue weighted by Gasteiger charge is 2.28. The van der Waals surface area contributed by atoms with Crippen LogP contribution in [0.3, 0.4) is 0 Å². The van der Waals surface area contributed by atoms with Crippen LogP contribution in [0.2, 0.25) is 0 Å². The van der Waals surface area contributed by atoms with Gasteiger partial charge in [0, 0.05) is 31.9 Å². The summed E-state index contributed by atoms with van der Waals surface area (Å²) in [5, 5.41) is 0. The second kappa shape index (κ2) is 5.67. The first-order valence-electron chi connectivity index (χ1n) is 6.69. The van der Waals surface area contributed by atoms with E-state index < -0.39 is 9.84 Å². The summed E-state index contributed by atoms with van der Waals surface area (Å²) in [4.78, 5) is 5.05. The molecule has 0 amide bonds. The zero-order valence-electron chi connectivity index (χ0n) is 10.8. The maximum atomic E-state index is 11.1. The molecule has 0 aromatic rings. The van der Waals surface area contributed by atoms with E-state index in [4.69, 9.17) is 0 Å². The van der Waals surface area contributed by atoms with Gasteiger partial charge in [-0.15, -0.1) is 0 Å². The predicted octanol–water partition coefficient (Wildman–Crippen LogP) is 0.591. The number of sulfone groups is 1. The summed E-state index contributed by atoms with van der Waals surface area (Å²) in [6.45, 7) is 5.63. The van der Waals surface area contributed by atoms with Gasteiger partial charge < -0.3 is 4.90 Å². The van der Waals surface area contributed by atoms with Crippen LogP contribution in [0.1, 0.15) is 25.7 Å². The maximum absolute atomic E-state index is 11.1. The van der Waals surface area contributed by atoms with Gasteiger partial charge in [-0.3, -0.25) is 4.90 Å². The molecule has 2 aliphatic heterocycles. The molecule has 5 heteroatoms. The molecule has 0 aromatic heterocycles. The molecule has 2 heterocycles. The standard InChI is InChI=1S/C12H24N2O2S/c1-17(15,16)10-4-6-13-8-9-14-7-3-2-5-12(14)11-13/h12H,2-11H2,1H3. The highest BCUT2D eigenvalue weighted by atomic mass is 32.2. The second-order valence-corrected chi connectivity index (χ2v) is 7.73. The van der Waals surface area contributed by atoms with Gasteiger partial charge in [-0.05, 0) is 32.4 Å². The van der Waals surface area contributed by atoms with Crippen LogP contribution >= 0.6 is 0 Å². The van der Waals surface area contributed by atoms with Crippen molar-refractivity contribution in [1.29, 1.82) is 0 Å². The van der Waals surface area contributed by atoms with E-state index in [1.807, 2.05) is 0 Å². The Bertz CT molecular complexity index is 342. The molecule has 2 rings (SSSR count). The Morgan fingerprint density at radius 2 is 2.00 bits per heavy atom. The van der Waals surface area contributed by atoms with Gasteiger partial charge in [0.2, 0.25) is 0 Å². The number of nitrogens with zero attached hydrogens (tertiary/aromatic N) is 2. The van der Waals surface area contributed by atoms with Crippen molar-refractivity contribution in [2.45, 2.75) is 31.7 Å². The molecule has 100 valence electrons. The van der Waals surface area contributed by atoms with E-state index in [9.17, 15) is 8.42 Å². The summed E-state index contributed by atoms with van der Waals surface area (Å²) in [6, 6.07) is 0.732. The fourth-order valence-corrected chi connectivity index (χ4v) is 3.63. The second-order valence-electron chi connectivity index (χ2n) is 5.47. The molecule has 0 spiro atoms. The molecule has 0 bridgehead atoms. The van der Waals surface area contributed by atoms with Crippen molar-refractivity contribution in [2.75, 3.05) is 44.7 Å². The van der Waals surface area contributed by atoms with Crippen LogP contribution in [0.4, 0.5) is 0 Å². The number of rotatable bonds is 4. The van der Waals surface area contributed by atoms with Crippen LogP contribution < -0.4 is 0 Å². The lowest BCUT2D eigenvalue weighted by molar-refractivity contribution is 0.0496. The highest BCUT2D eigenvalue weighted by Crippen LogP contribution is 2.20. The first-order chi connectivity index (χ1) is 8.04. The summed E-state index contributed by atoms with van der Waals surface area (Å²) in [5.74, 6) is 0.331. The Morgan fingerprint density at radius 1 is 1.18 bits per heavy atom. The van der Waals surface area contributed by atoms with E-state index in [2.05, 4.69) is 9.80 Å². The fraction of sp³-hybridized carbons (Fsp3) is 1.00. The van der Waals surface area contributed by atoms with Crippen molar-refractivity contribution in [2.24, 2.45) is 0 Å². The number of fused-ring (bicyclic) bond motifs is 1. The van der Waals surface area contributed by atoms with Gasteiger partial charge in [0.1, 0.15) is 9.84 Å². The predicted molar refractivity (Wildman–Crippen MR) is 70.0 cm³/mol. The van der Waals surface area contributed by atoms with Crippen molar-refractivity contribution >= 4 is 9.84 Å². The molecule has 2 fully saturated rings. The molecule has 0 saturated carbocycles. The lowest BCUT2D eigenvalue weighted by Gasteiger charge is -2.44. The molecule has 0 aliphatic carbocycles. The lowest BCUT2D eigenvalue weighted by Crippen LogP contribution is -2.54. The molecular formula is C12H24N2O2S. The Morgan fingerprint density at radius 3 is 2.76 bits per heavy atom. The van der Waals surface area contributed by atoms with Gasteiger partial charge in [0.15, 0.2) is 0 Å². The molecule has 4 nitrogen and oxygen atoms in total. The number of hydrogen-bond donors (Lipinski definition) is 0. The zero-order valence-corrected chi connectivity index (χ0v) is 11.6. The Kier molecular flexibility index (Phi) is 4.44. The fourth-order valence-electron chi connectivity index (χ4n) is 2.97. The van der Waals surface area contributed by atoms with Crippen molar-refractivity contribution in [3.05, 3.63) is 0 Å². The Balaban J connectivity index is 1.72. The van der Waals surface area contributed by atoms with E-state index >= 15 is 0 Å². The first-order valence-corrected chi connectivity index (χ1v) is 8.75. The summed E-state index contributed by atoms with van der Waals surface area (Å²) in [5.41, 5.74) is 0. The summed E-state index contributed by atoms with van der Waals surface area (Å²) in [7, 11) is -2.79. The van der Waals surface area contributed by atoms with Gasteiger partial charge in [-0.1, -0.05) is 6.42 Å². The molecule has 2 saturated heterocycles. The largest absolute Gasteiger partial charge is 0.300 e. The quantitative estimate of drug-likeness (QED) is 0.742. The average Bonchev–Trinajstić information content (AvgIpc) is 2.27. The minimum atomic E-state index is -2.79. The van der Waals surface area contributed by atoms with Crippen molar-refractivity contribution < 1.29 is 8.42 Å². The third-order valence-corrected chi connectivity index (χ3v) is 4.94. The number of hydrogen-bond acceptors (Lipinski definition) is 4. The van der Waals surface area contributed by atoms with Crippen LogP contribution in [0.15, 0.2) is 0 Å². The minimum absolute atomic E-state index is 0.331. The van der Waals surface area contributed by atoms with Crippen molar-refractivity contribution in [1.82, 2.24) is 9.80 Å². The monoisotopic (exact) mass is 260 g/mol. The zero-order chi connectivity index (χ0) is 12.3. The third kappa shape index (κ3) is 4.23. The molecule has 0 radical (unpaired) electrons. The highest BCUT2D eigenvalue weighted by molar-refractivity contribution is 7.90. The molecule has 1 unspecified atom stereocenters. The molecular weight excluding hydrogens is 236 g/mol. The summed E-state index contributed by atoms with van der Waals surface area (Å²) in [6.07, 6.45) is 6.14. The third-order valence-electron chi connectivity index (χ3n) is 3.91. The molecule has 1 atom stereocenters. The van der Waals surface area contributed by atoms with E-state index in [1.165, 1.54) is 38.6 Å². The van der Waals surface area contributed by atoms with E-state index in [0.717, 1.165) is 32.1 Å². The number of piperidine rings is 1. The smallest absolute Gasteiger partial charge is 0.147 e. The normalized spacial score (nSPS) is 27.9. The van der Waals surface area contributed by atoms with Crippen molar-refractivity contribution in [3.63, 3.8) is 0 Å². The van der Waals surface area contributed by atoms with Gasteiger partial charge in [0.05, 0.1) is 5.75 Å². The molecule has 2 aliphatic rings. The van der Waals surface area contributed by atoms with Gasteiger partial charge in [0.25, 0.3) is 0 Å². The van der Waals surface area contributed by atoms with Crippen LogP contribution in [0, 0.1) is 0 Å². The van der Waals surface area contributed by atoms with Crippen LogP contribution in [-0.2, 0) is 9.84 Å². The molecule has 17 heavy (non-hydrogen) atoms. The molecule has 0 aromatic carbocycles. The Hall–Kier alpha value is -0.130. The number of piperazine rings is 1. The minimum Gasteiger partial charge on any atom is -0.300 e. The lowest BCUT2D eigenvalue weighted by atomic mass is 9.99. The first kappa shape index (κ1) is 13.3. The van der Waals surface area contributed by atoms with Crippen molar-refractivity contribution in [3.8, 4) is 0 Å². The van der Waals surface area contributed by atoms with Gasteiger partial charge >= 0.3 is 0 Å². The van der Waals surface area contributed by atoms with E-state index in [1.54, 1.807) is 0 Å². The average molecular weight is 260 g/mol. The van der Waals surface area contributed by atoms with E-state index in [-0.39, 0.29) is 0 Å². The topological polar surface area (TPSA) is 40.6 Å². The SMILES string of the molecule is CS(=O)(=O)CCCN1CCN2CCCCC2C1. The van der Waals surface area contributed by atoms with Crippen LogP contribution in [0.5, 0.6) is 0 Å². The maximum Gasteiger partial charge on any atom is 0.147 e. The van der Waals surface area contributed by atoms with E-state index in [0.29, 0.717) is 5.75 Å². The summed E-state index contributed by atoms with van der Waals surface area (Å²) >= 11 is 0. The Labute approximate surface area is 105 Å². The van der Waals surface area contributed by atoms with Crippen LogP contribution in [0.25, 0.3) is 0 Å². The van der Waals surface area contributed by atoms with Gasteiger partial charge in [-0.25, -0.2) is 8.42 Å². The van der Waals surface area contributed by atoms with Crippen LogP contribution in [-0.4, -0.2) is 69.0 Å².